The molecule has 8 heteroatoms. The van der Waals surface area contributed by atoms with Crippen LogP contribution in [-0.2, 0) is 6.54 Å². The second-order valence-electron chi connectivity index (χ2n) is 7.38. The quantitative estimate of drug-likeness (QED) is 0.768. The zero-order valence-corrected chi connectivity index (χ0v) is 15.8. The third-order valence-corrected chi connectivity index (χ3v) is 5.47. The van der Waals surface area contributed by atoms with Crippen LogP contribution in [-0.4, -0.2) is 39.1 Å². The first kappa shape index (κ1) is 18.2. The van der Waals surface area contributed by atoms with Gasteiger partial charge in [-0.25, -0.2) is 4.68 Å². The third kappa shape index (κ3) is 3.91. The first-order valence-electron chi connectivity index (χ1n) is 9.93. The number of fused-ring (bicyclic) bond motifs is 1. The summed E-state index contributed by atoms with van der Waals surface area (Å²) in [6.45, 7) is 3.23. The number of unbranched alkanes of at least 4 members (excludes halogenated alkanes) is 1. The van der Waals surface area contributed by atoms with Gasteiger partial charge in [0.2, 0.25) is 6.79 Å². The lowest BCUT2D eigenvalue weighted by Gasteiger charge is -2.33. The van der Waals surface area contributed by atoms with E-state index in [-0.39, 0.29) is 24.9 Å². The molecule has 1 aliphatic carbocycles. The molecular weight excluding hydrogens is 344 g/mol. The van der Waals surface area contributed by atoms with E-state index in [1.165, 1.54) is 12.8 Å². The molecule has 2 aromatic rings. The number of aryl methyl sites for hydroxylation is 1. The highest BCUT2D eigenvalue weighted by Crippen LogP contribution is 2.36. The van der Waals surface area contributed by atoms with Crippen LogP contribution in [0.5, 0.6) is 11.5 Å². The first-order valence-corrected chi connectivity index (χ1v) is 9.93. The Morgan fingerprint density at radius 2 is 2.11 bits per heavy atom. The largest absolute Gasteiger partial charge is 0.454 e. The molecule has 3 atom stereocenters. The Balaban J connectivity index is 1.66. The Morgan fingerprint density at radius 3 is 2.96 bits per heavy atom. The van der Waals surface area contributed by atoms with Crippen molar-refractivity contribution in [3.05, 3.63) is 29.6 Å². The van der Waals surface area contributed by atoms with Crippen molar-refractivity contribution >= 4 is 0 Å². The topological polar surface area (TPSA) is 100 Å². The lowest BCUT2D eigenvalue weighted by atomic mass is 9.89. The zero-order valence-electron chi connectivity index (χ0n) is 15.8. The molecule has 1 aromatic carbocycles. The molecule has 27 heavy (non-hydrogen) atoms. The van der Waals surface area contributed by atoms with Crippen molar-refractivity contribution in [3.8, 4) is 11.5 Å². The van der Waals surface area contributed by atoms with Gasteiger partial charge >= 0.3 is 0 Å². The Morgan fingerprint density at radius 1 is 1.26 bits per heavy atom. The Bertz CT molecular complexity index is 764. The number of rotatable bonds is 7. The summed E-state index contributed by atoms with van der Waals surface area (Å²) in [7, 11) is 0. The van der Waals surface area contributed by atoms with Crippen LogP contribution in [0.25, 0.3) is 0 Å². The summed E-state index contributed by atoms with van der Waals surface area (Å²) >= 11 is 0. The van der Waals surface area contributed by atoms with Gasteiger partial charge in [0.15, 0.2) is 17.3 Å². The number of nitrogens with one attached hydrogen (secondary N) is 1. The highest BCUT2D eigenvalue weighted by atomic mass is 16.7. The van der Waals surface area contributed by atoms with Gasteiger partial charge in [-0.3, -0.25) is 5.32 Å². The van der Waals surface area contributed by atoms with E-state index < -0.39 is 0 Å². The van der Waals surface area contributed by atoms with E-state index in [9.17, 15) is 0 Å². The molecule has 4 rings (SSSR count). The average Bonchev–Trinajstić information content (AvgIpc) is 3.34. The van der Waals surface area contributed by atoms with E-state index >= 15 is 0 Å². The minimum absolute atomic E-state index is 0.138. The van der Waals surface area contributed by atoms with Gasteiger partial charge in [-0.15, -0.1) is 5.10 Å². The number of nitrogens with zero attached hydrogens (tertiary/aromatic N) is 4. The molecule has 1 saturated carbocycles. The molecule has 3 N–H and O–H groups in total. The second-order valence-corrected chi connectivity index (χ2v) is 7.38. The van der Waals surface area contributed by atoms with Crippen LogP contribution >= 0.6 is 0 Å². The number of benzene rings is 1. The third-order valence-electron chi connectivity index (χ3n) is 5.47. The van der Waals surface area contributed by atoms with E-state index in [1.54, 1.807) is 0 Å². The van der Waals surface area contributed by atoms with Crippen LogP contribution in [0, 0.1) is 0 Å². The van der Waals surface area contributed by atoms with Crippen LogP contribution < -0.4 is 20.5 Å². The molecule has 3 unspecified atom stereocenters. The molecule has 1 fully saturated rings. The predicted octanol–water partition coefficient (Wildman–Crippen LogP) is 2.15. The van der Waals surface area contributed by atoms with Gasteiger partial charge in [-0.2, -0.15) is 0 Å². The summed E-state index contributed by atoms with van der Waals surface area (Å²) in [5.41, 5.74) is 7.46. The highest BCUT2D eigenvalue weighted by molar-refractivity contribution is 5.46. The smallest absolute Gasteiger partial charge is 0.231 e. The molecule has 0 amide bonds. The van der Waals surface area contributed by atoms with Crippen molar-refractivity contribution in [1.29, 1.82) is 0 Å². The lowest BCUT2D eigenvalue weighted by Crippen LogP contribution is -2.48. The van der Waals surface area contributed by atoms with Gasteiger partial charge in [0.05, 0.1) is 6.04 Å². The van der Waals surface area contributed by atoms with Crippen molar-refractivity contribution in [1.82, 2.24) is 25.5 Å². The van der Waals surface area contributed by atoms with Crippen molar-refractivity contribution in [2.75, 3.05) is 6.79 Å². The SMILES string of the molecule is CCCCn1nnnc1C(NC1CCCCC1N)c1ccc2c(c1)OCO2. The van der Waals surface area contributed by atoms with Crippen molar-refractivity contribution in [2.24, 2.45) is 5.73 Å². The van der Waals surface area contributed by atoms with Crippen LogP contribution in [0.4, 0.5) is 0 Å². The minimum Gasteiger partial charge on any atom is -0.454 e. The Kier molecular flexibility index (Phi) is 5.54. The fraction of sp³-hybridized carbons (Fsp3) is 0.632. The molecule has 1 aliphatic heterocycles. The molecule has 0 saturated heterocycles. The molecular formula is C19H28N6O2. The Labute approximate surface area is 159 Å². The van der Waals surface area contributed by atoms with Gasteiger partial charge < -0.3 is 15.2 Å². The molecule has 1 aromatic heterocycles. The predicted molar refractivity (Wildman–Crippen MR) is 101 cm³/mol. The molecule has 2 heterocycles. The van der Waals surface area contributed by atoms with Gasteiger partial charge in [0.25, 0.3) is 0 Å². The number of ether oxygens (including phenoxy) is 2. The fourth-order valence-electron chi connectivity index (χ4n) is 3.88. The molecule has 2 aliphatic rings. The maximum absolute atomic E-state index is 6.40. The normalized spacial score (nSPS) is 22.7. The van der Waals surface area contributed by atoms with Gasteiger partial charge in [-0.1, -0.05) is 32.3 Å². The van der Waals surface area contributed by atoms with Crippen LogP contribution in [0.15, 0.2) is 18.2 Å². The van der Waals surface area contributed by atoms with Crippen molar-refractivity contribution in [3.63, 3.8) is 0 Å². The number of hydrogen-bond acceptors (Lipinski definition) is 7. The van der Waals surface area contributed by atoms with E-state index in [0.717, 1.165) is 55.1 Å². The zero-order chi connectivity index (χ0) is 18.6. The van der Waals surface area contributed by atoms with E-state index in [4.69, 9.17) is 15.2 Å². The monoisotopic (exact) mass is 372 g/mol. The number of nitrogens with two attached hydrogens (primary N) is 1. The van der Waals surface area contributed by atoms with E-state index in [0.29, 0.717) is 0 Å². The first-order chi connectivity index (χ1) is 13.3. The summed E-state index contributed by atoms with van der Waals surface area (Å²) in [4.78, 5) is 0. The summed E-state index contributed by atoms with van der Waals surface area (Å²) < 4.78 is 12.9. The summed E-state index contributed by atoms with van der Waals surface area (Å²) in [5, 5.41) is 16.3. The Hall–Kier alpha value is -2.19. The summed E-state index contributed by atoms with van der Waals surface area (Å²) in [6.07, 6.45) is 6.64. The van der Waals surface area contributed by atoms with Crippen molar-refractivity contribution in [2.45, 2.75) is 70.1 Å². The minimum atomic E-state index is -0.138. The average molecular weight is 372 g/mol. The lowest BCUT2D eigenvalue weighted by molar-refractivity contribution is 0.174. The molecule has 0 bridgehead atoms. The van der Waals surface area contributed by atoms with Crippen molar-refractivity contribution < 1.29 is 9.47 Å². The van der Waals surface area contributed by atoms with Crippen LogP contribution in [0.3, 0.4) is 0 Å². The molecule has 0 spiro atoms. The van der Waals surface area contributed by atoms with Gasteiger partial charge in [0, 0.05) is 18.6 Å². The second kappa shape index (κ2) is 8.22. The summed E-state index contributed by atoms with van der Waals surface area (Å²) in [6, 6.07) is 6.28. The standard InChI is InChI=1S/C19H28N6O2/c1-2-3-10-25-19(22-23-24-25)18(21-15-7-5-4-6-14(15)20)13-8-9-16-17(11-13)27-12-26-16/h8-9,11,14-15,18,21H,2-7,10,12,20H2,1H3. The van der Waals surface area contributed by atoms with Gasteiger partial charge in [-0.05, 0) is 47.4 Å². The fourth-order valence-corrected chi connectivity index (χ4v) is 3.88. The van der Waals surface area contributed by atoms with E-state index in [1.807, 2.05) is 16.8 Å². The number of tetrazole rings is 1. The van der Waals surface area contributed by atoms with E-state index in [2.05, 4.69) is 33.8 Å². The van der Waals surface area contributed by atoms with Crippen LogP contribution in [0.1, 0.15) is 62.9 Å². The number of hydrogen-bond donors (Lipinski definition) is 2. The number of aromatic nitrogens is 4. The maximum atomic E-state index is 6.40. The summed E-state index contributed by atoms with van der Waals surface area (Å²) in [5.74, 6) is 2.36. The molecule has 8 nitrogen and oxygen atoms in total. The highest BCUT2D eigenvalue weighted by Gasteiger charge is 2.30. The van der Waals surface area contributed by atoms with Gasteiger partial charge in [0.1, 0.15) is 0 Å². The van der Waals surface area contributed by atoms with Crippen LogP contribution in [0.2, 0.25) is 0 Å². The molecule has 0 radical (unpaired) electrons. The maximum Gasteiger partial charge on any atom is 0.231 e. The molecule has 146 valence electrons.